The van der Waals surface area contributed by atoms with E-state index in [4.69, 9.17) is 0 Å². The fourth-order valence-electron chi connectivity index (χ4n) is 2.44. The molecular formula is C14H14BrNO2S. The van der Waals surface area contributed by atoms with E-state index >= 15 is 0 Å². The summed E-state index contributed by atoms with van der Waals surface area (Å²) < 4.78 is 26.7. The van der Waals surface area contributed by atoms with Gasteiger partial charge in [0.25, 0.3) is 0 Å². The Morgan fingerprint density at radius 1 is 1.00 bits per heavy atom. The molecule has 0 unspecified atom stereocenters. The van der Waals surface area contributed by atoms with Gasteiger partial charge < -0.3 is 0 Å². The third kappa shape index (κ3) is 2.49. The topological polar surface area (TPSA) is 37.4 Å². The van der Waals surface area contributed by atoms with Crippen LogP contribution in [0.4, 0.5) is 5.69 Å². The summed E-state index contributed by atoms with van der Waals surface area (Å²) in [6.45, 7) is 0.588. The molecule has 0 amide bonds. The molecule has 0 aromatic heterocycles. The van der Waals surface area contributed by atoms with Gasteiger partial charge in [0.15, 0.2) is 0 Å². The van der Waals surface area contributed by atoms with E-state index in [2.05, 4.69) is 15.9 Å². The fourth-order valence-corrected chi connectivity index (χ4v) is 4.45. The van der Waals surface area contributed by atoms with Crippen LogP contribution in [0.2, 0.25) is 0 Å². The van der Waals surface area contributed by atoms with Crippen molar-refractivity contribution in [1.82, 2.24) is 0 Å². The summed E-state index contributed by atoms with van der Waals surface area (Å²) in [7, 11) is -3.13. The lowest BCUT2D eigenvalue weighted by molar-refractivity contribution is 0.574. The molecule has 0 saturated carbocycles. The highest BCUT2D eigenvalue weighted by atomic mass is 79.9. The zero-order valence-electron chi connectivity index (χ0n) is 10.3. The van der Waals surface area contributed by atoms with Crippen LogP contribution in [-0.4, -0.2) is 20.7 Å². The van der Waals surface area contributed by atoms with Crippen molar-refractivity contribution in [2.45, 2.75) is 12.8 Å². The smallest absolute Gasteiger partial charge is 0.235 e. The summed E-state index contributed by atoms with van der Waals surface area (Å²) >= 11 is 3.44. The average molecular weight is 340 g/mol. The van der Waals surface area contributed by atoms with Gasteiger partial charge in [-0.2, -0.15) is 0 Å². The lowest BCUT2D eigenvalue weighted by atomic mass is 10.1. The number of anilines is 1. The van der Waals surface area contributed by atoms with Crippen LogP contribution in [0.15, 0.2) is 40.9 Å². The van der Waals surface area contributed by atoms with Crippen LogP contribution in [0.5, 0.6) is 0 Å². The molecule has 0 spiro atoms. The number of halogens is 1. The molecule has 1 aliphatic heterocycles. The molecule has 0 aliphatic carbocycles. The summed E-state index contributed by atoms with van der Waals surface area (Å²) in [5.74, 6) is 0.255. The Kier molecular flexibility index (Phi) is 3.27. The highest BCUT2D eigenvalue weighted by molar-refractivity contribution is 9.10. The average Bonchev–Trinajstić information content (AvgIpc) is 2.38. The largest absolute Gasteiger partial charge is 0.270 e. The second kappa shape index (κ2) is 4.80. The highest BCUT2D eigenvalue weighted by Crippen LogP contribution is 2.28. The molecule has 2 aromatic rings. The van der Waals surface area contributed by atoms with Crippen LogP contribution in [0, 0.1) is 0 Å². The van der Waals surface area contributed by atoms with E-state index in [9.17, 15) is 8.42 Å². The Labute approximate surface area is 121 Å². The van der Waals surface area contributed by atoms with Crippen molar-refractivity contribution in [3.63, 3.8) is 0 Å². The lowest BCUT2D eigenvalue weighted by Crippen LogP contribution is -2.37. The van der Waals surface area contributed by atoms with Crippen molar-refractivity contribution in [1.29, 1.82) is 0 Å². The molecule has 0 radical (unpaired) electrons. The van der Waals surface area contributed by atoms with Crippen LogP contribution in [0.3, 0.4) is 0 Å². The molecule has 1 heterocycles. The van der Waals surface area contributed by atoms with Gasteiger partial charge in [0.05, 0.1) is 11.4 Å². The molecule has 1 fully saturated rings. The number of fused-ring (bicyclic) bond motifs is 1. The van der Waals surface area contributed by atoms with E-state index in [1.165, 1.54) is 4.31 Å². The zero-order chi connectivity index (χ0) is 13.5. The molecule has 3 rings (SSSR count). The van der Waals surface area contributed by atoms with E-state index in [-0.39, 0.29) is 5.75 Å². The molecule has 3 nitrogen and oxygen atoms in total. The van der Waals surface area contributed by atoms with E-state index in [0.717, 1.165) is 33.8 Å². The van der Waals surface area contributed by atoms with Crippen molar-refractivity contribution in [2.75, 3.05) is 16.6 Å². The minimum Gasteiger partial charge on any atom is -0.270 e. The number of nitrogens with zero attached hydrogens (tertiary/aromatic N) is 1. The van der Waals surface area contributed by atoms with Crippen molar-refractivity contribution < 1.29 is 8.42 Å². The molecule has 1 saturated heterocycles. The van der Waals surface area contributed by atoms with Crippen LogP contribution >= 0.6 is 15.9 Å². The third-order valence-electron chi connectivity index (χ3n) is 3.42. The van der Waals surface area contributed by atoms with Gasteiger partial charge in [-0.3, -0.25) is 4.31 Å². The first-order valence-corrected chi connectivity index (χ1v) is 8.66. The maximum atomic E-state index is 12.1. The second-order valence-electron chi connectivity index (χ2n) is 4.77. The van der Waals surface area contributed by atoms with Crippen molar-refractivity contribution in [3.05, 3.63) is 40.9 Å². The van der Waals surface area contributed by atoms with Crippen LogP contribution in [-0.2, 0) is 10.0 Å². The van der Waals surface area contributed by atoms with Gasteiger partial charge >= 0.3 is 0 Å². The minimum atomic E-state index is -3.13. The Bertz CT molecular complexity index is 727. The maximum absolute atomic E-state index is 12.1. The predicted molar refractivity (Wildman–Crippen MR) is 82.0 cm³/mol. The van der Waals surface area contributed by atoms with Crippen LogP contribution in [0.1, 0.15) is 12.8 Å². The maximum Gasteiger partial charge on any atom is 0.235 e. The first-order chi connectivity index (χ1) is 9.06. The standard InChI is InChI=1S/C14H14BrNO2S/c15-13-5-3-12-10-14(6-4-11(12)9-13)16-7-1-2-8-19(16,17)18/h3-6,9-10H,1-2,7-8H2. The minimum absolute atomic E-state index is 0.255. The molecule has 0 N–H and O–H groups in total. The van der Waals surface area contributed by atoms with Gasteiger partial charge in [0, 0.05) is 11.0 Å². The van der Waals surface area contributed by atoms with E-state index in [1.54, 1.807) is 0 Å². The predicted octanol–water partition coefficient (Wildman–Crippen LogP) is 3.53. The summed E-state index contributed by atoms with van der Waals surface area (Å²) in [6.07, 6.45) is 1.69. The number of sulfonamides is 1. The SMILES string of the molecule is O=S1(=O)CCCCN1c1ccc2cc(Br)ccc2c1. The van der Waals surface area contributed by atoms with Crippen molar-refractivity contribution in [3.8, 4) is 0 Å². The number of hydrogen-bond acceptors (Lipinski definition) is 2. The third-order valence-corrected chi connectivity index (χ3v) is 5.79. The van der Waals surface area contributed by atoms with Gasteiger partial charge in [-0.15, -0.1) is 0 Å². The molecule has 5 heteroatoms. The van der Waals surface area contributed by atoms with E-state index in [1.807, 2.05) is 36.4 Å². The van der Waals surface area contributed by atoms with Crippen LogP contribution in [0.25, 0.3) is 10.8 Å². The molecule has 0 atom stereocenters. The first kappa shape index (κ1) is 12.9. The lowest BCUT2D eigenvalue weighted by Gasteiger charge is -2.28. The first-order valence-electron chi connectivity index (χ1n) is 6.26. The molecule has 1 aliphatic rings. The monoisotopic (exact) mass is 339 g/mol. The summed E-state index contributed by atoms with van der Waals surface area (Å²) in [5.41, 5.74) is 0.773. The molecule has 0 bridgehead atoms. The van der Waals surface area contributed by atoms with Crippen molar-refractivity contribution >= 4 is 42.4 Å². The van der Waals surface area contributed by atoms with Gasteiger partial charge in [-0.05, 0) is 47.9 Å². The van der Waals surface area contributed by atoms with Gasteiger partial charge in [0.2, 0.25) is 10.0 Å². The second-order valence-corrected chi connectivity index (χ2v) is 7.70. The Morgan fingerprint density at radius 3 is 2.53 bits per heavy atom. The molecule has 100 valence electrons. The summed E-state index contributed by atoms with van der Waals surface area (Å²) in [6, 6.07) is 11.8. The molecule has 19 heavy (non-hydrogen) atoms. The van der Waals surface area contributed by atoms with Gasteiger partial charge in [-0.1, -0.05) is 28.1 Å². The molecule has 2 aromatic carbocycles. The van der Waals surface area contributed by atoms with E-state index in [0.29, 0.717) is 6.54 Å². The Hall–Kier alpha value is -1.07. The van der Waals surface area contributed by atoms with Gasteiger partial charge in [0.1, 0.15) is 0 Å². The summed E-state index contributed by atoms with van der Waals surface area (Å²) in [4.78, 5) is 0. The number of rotatable bonds is 1. The van der Waals surface area contributed by atoms with Crippen LogP contribution < -0.4 is 4.31 Å². The number of hydrogen-bond donors (Lipinski definition) is 0. The van der Waals surface area contributed by atoms with Crippen molar-refractivity contribution in [2.24, 2.45) is 0 Å². The number of benzene rings is 2. The normalized spacial score (nSPS) is 18.7. The zero-order valence-corrected chi connectivity index (χ0v) is 12.7. The quantitative estimate of drug-likeness (QED) is 0.796. The highest BCUT2D eigenvalue weighted by Gasteiger charge is 2.25. The summed E-state index contributed by atoms with van der Waals surface area (Å²) in [5, 5.41) is 2.16. The van der Waals surface area contributed by atoms with Gasteiger partial charge in [-0.25, -0.2) is 8.42 Å². The Morgan fingerprint density at radius 2 is 1.74 bits per heavy atom. The fraction of sp³-hybridized carbons (Fsp3) is 0.286. The molecular weight excluding hydrogens is 326 g/mol. The van der Waals surface area contributed by atoms with E-state index < -0.39 is 10.0 Å². The Balaban J connectivity index is 2.08.